The summed E-state index contributed by atoms with van der Waals surface area (Å²) in [4.78, 5) is 10.9. The third-order valence-electron chi connectivity index (χ3n) is 1.81. The summed E-state index contributed by atoms with van der Waals surface area (Å²) < 4.78 is 0. The Labute approximate surface area is 82.3 Å². The van der Waals surface area contributed by atoms with E-state index in [0.29, 0.717) is 12.0 Å². The first kappa shape index (κ1) is 10.3. The number of carbonyl (C=O) groups excluding carboxylic acids is 1. The van der Waals surface area contributed by atoms with Crippen LogP contribution in [0.1, 0.15) is 18.9 Å². The van der Waals surface area contributed by atoms with Gasteiger partial charge in [0.1, 0.15) is 0 Å². The molecule has 0 unspecified atom stereocenters. The smallest absolute Gasteiger partial charge is 0.157 e. The zero-order valence-corrected chi connectivity index (χ0v) is 7.90. The highest BCUT2D eigenvalue weighted by molar-refractivity contribution is 5.93. The minimum absolute atomic E-state index is 0.0255. The van der Waals surface area contributed by atoms with Crippen molar-refractivity contribution in [3.05, 3.63) is 29.8 Å². The van der Waals surface area contributed by atoms with Crippen molar-refractivity contribution in [1.29, 1.82) is 0 Å². The van der Waals surface area contributed by atoms with Gasteiger partial charge in [-0.3, -0.25) is 4.79 Å². The second kappa shape index (κ2) is 4.46. The summed E-state index contributed by atoms with van der Waals surface area (Å²) in [6.07, 6.45) is 3.51. The lowest BCUT2D eigenvalue weighted by Gasteiger charge is -1.97. The molecule has 0 spiro atoms. The lowest BCUT2D eigenvalue weighted by atomic mass is 10.1. The SMILES string of the molecule is CCC(=O)/C=C/c1ccc(O)c(O)c1. The van der Waals surface area contributed by atoms with Gasteiger partial charge in [0.15, 0.2) is 17.3 Å². The average Bonchev–Trinajstić information content (AvgIpc) is 2.19. The number of carbonyl (C=O) groups is 1. The Hall–Kier alpha value is -1.77. The fraction of sp³-hybridized carbons (Fsp3) is 0.182. The first-order valence-electron chi connectivity index (χ1n) is 4.36. The molecule has 0 aromatic heterocycles. The summed E-state index contributed by atoms with van der Waals surface area (Å²) in [7, 11) is 0. The minimum atomic E-state index is -0.184. The Bertz CT molecular complexity index is 367. The molecule has 74 valence electrons. The number of benzene rings is 1. The van der Waals surface area contributed by atoms with Crippen LogP contribution in [-0.2, 0) is 4.79 Å². The molecule has 3 nitrogen and oxygen atoms in total. The molecular weight excluding hydrogens is 180 g/mol. The second-order valence-electron chi connectivity index (χ2n) is 2.90. The van der Waals surface area contributed by atoms with Crippen molar-refractivity contribution in [3.8, 4) is 11.5 Å². The predicted octanol–water partition coefficient (Wildman–Crippen LogP) is 2.09. The van der Waals surface area contributed by atoms with Gasteiger partial charge in [0.2, 0.25) is 0 Å². The normalized spacial score (nSPS) is 10.6. The number of ketones is 1. The van der Waals surface area contributed by atoms with Gasteiger partial charge >= 0.3 is 0 Å². The third-order valence-corrected chi connectivity index (χ3v) is 1.81. The molecule has 0 saturated carbocycles. The van der Waals surface area contributed by atoms with E-state index in [2.05, 4.69) is 0 Å². The Kier molecular flexibility index (Phi) is 3.29. The summed E-state index contributed by atoms with van der Waals surface area (Å²) in [5, 5.41) is 18.2. The fourth-order valence-corrected chi connectivity index (χ4v) is 0.951. The molecule has 0 aliphatic carbocycles. The molecule has 0 heterocycles. The molecule has 0 radical (unpaired) electrons. The van der Waals surface area contributed by atoms with E-state index < -0.39 is 0 Å². The van der Waals surface area contributed by atoms with Crippen molar-refractivity contribution in [2.75, 3.05) is 0 Å². The molecule has 0 aliphatic heterocycles. The van der Waals surface area contributed by atoms with E-state index in [9.17, 15) is 4.79 Å². The lowest BCUT2D eigenvalue weighted by molar-refractivity contribution is -0.114. The van der Waals surface area contributed by atoms with Crippen LogP contribution in [0, 0.1) is 0 Å². The van der Waals surface area contributed by atoms with Gasteiger partial charge in [-0.2, -0.15) is 0 Å². The first-order chi connectivity index (χ1) is 6.63. The number of aromatic hydroxyl groups is 2. The molecule has 3 heteroatoms. The first-order valence-corrected chi connectivity index (χ1v) is 4.36. The van der Waals surface area contributed by atoms with Crippen molar-refractivity contribution in [1.82, 2.24) is 0 Å². The van der Waals surface area contributed by atoms with Crippen LogP contribution in [0.15, 0.2) is 24.3 Å². The highest BCUT2D eigenvalue weighted by Crippen LogP contribution is 2.25. The van der Waals surface area contributed by atoms with Crippen LogP contribution >= 0.6 is 0 Å². The summed E-state index contributed by atoms with van der Waals surface area (Å²) in [6.45, 7) is 1.78. The Morgan fingerprint density at radius 2 is 2.07 bits per heavy atom. The van der Waals surface area contributed by atoms with Crippen LogP contribution in [-0.4, -0.2) is 16.0 Å². The number of phenols is 2. The van der Waals surface area contributed by atoms with E-state index in [4.69, 9.17) is 10.2 Å². The predicted molar refractivity (Wildman–Crippen MR) is 54.1 cm³/mol. The van der Waals surface area contributed by atoms with E-state index in [1.165, 1.54) is 18.2 Å². The molecule has 0 fully saturated rings. The molecule has 14 heavy (non-hydrogen) atoms. The van der Waals surface area contributed by atoms with E-state index in [1.807, 2.05) is 0 Å². The molecule has 0 amide bonds. The average molecular weight is 192 g/mol. The lowest BCUT2D eigenvalue weighted by Crippen LogP contribution is -1.86. The van der Waals surface area contributed by atoms with Crippen LogP contribution in [0.3, 0.4) is 0 Å². The Morgan fingerprint density at radius 1 is 1.36 bits per heavy atom. The number of phenolic OH excluding ortho intramolecular Hbond substituents is 2. The molecule has 1 aromatic rings. The van der Waals surface area contributed by atoms with Crippen molar-refractivity contribution < 1.29 is 15.0 Å². The summed E-state index contributed by atoms with van der Waals surface area (Å²) >= 11 is 0. The molecule has 0 atom stereocenters. The van der Waals surface area contributed by atoms with Crippen molar-refractivity contribution in [2.45, 2.75) is 13.3 Å². The maximum absolute atomic E-state index is 10.9. The molecule has 0 aliphatic rings. The minimum Gasteiger partial charge on any atom is -0.504 e. The van der Waals surface area contributed by atoms with E-state index in [0.717, 1.165) is 0 Å². The second-order valence-corrected chi connectivity index (χ2v) is 2.90. The summed E-state index contributed by atoms with van der Waals surface area (Å²) in [6, 6.07) is 4.40. The van der Waals surface area contributed by atoms with Crippen LogP contribution < -0.4 is 0 Å². The Balaban J connectivity index is 2.83. The highest BCUT2D eigenvalue weighted by atomic mass is 16.3. The van der Waals surface area contributed by atoms with E-state index in [-0.39, 0.29) is 17.3 Å². The molecule has 0 bridgehead atoms. The summed E-state index contributed by atoms with van der Waals surface area (Å²) in [5.74, 6) is -0.322. The highest BCUT2D eigenvalue weighted by Gasteiger charge is 1.98. The van der Waals surface area contributed by atoms with Gasteiger partial charge in [0.25, 0.3) is 0 Å². The van der Waals surface area contributed by atoms with E-state index in [1.54, 1.807) is 19.1 Å². The number of hydrogen-bond acceptors (Lipinski definition) is 3. The largest absolute Gasteiger partial charge is 0.504 e. The van der Waals surface area contributed by atoms with Gasteiger partial charge in [-0.1, -0.05) is 19.1 Å². The van der Waals surface area contributed by atoms with Crippen molar-refractivity contribution in [2.24, 2.45) is 0 Å². The molecule has 1 aromatic carbocycles. The standard InChI is InChI=1S/C11H12O3/c1-2-9(12)5-3-8-4-6-10(13)11(14)7-8/h3-7,13-14H,2H2,1H3/b5-3+. The van der Waals surface area contributed by atoms with Crippen LogP contribution in [0.5, 0.6) is 11.5 Å². The number of rotatable bonds is 3. The maximum atomic E-state index is 10.9. The van der Waals surface area contributed by atoms with Crippen LogP contribution in [0.25, 0.3) is 6.08 Å². The van der Waals surface area contributed by atoms with Gasteiger partial charge in [0, 0.05) is 6.42 Å². The molecular formula is C11H12O3. The van der Waals surface area contributed by atoms with Gasteiger partial charge in [-0.05, 0) is 23.8 Å². The van der Waals surface area contributed by atoms with Crippen molar-refractivity contribution in [3.63, 3.8) is 0 Å². The maximum Gasteiger partial charge on any atom is 0.157 e. The zero-order valence-electron chi connectivity index (χ0n) is 7.90. The summed E-state index contributed by atoms with van der Waals surface area (Å²) in [5.41, 5.74) is 0.683. The number of allylic oxidation sites excluding steroid dienone is 1. The number of hydrogen-bond donors (Lipinski definition) is 2. The van der Waals surface area contributed by atoms with Crippen LogP contribution in [0.2, 0.25) is 0 Å². The quantitative estimate of drug-likeness (QED) is 0.569. The monoisotopic (exact) mass is 192 g/mol. The third kappa shape index (κ3) is 2.62. The topological polar surface area (TPSA) is 57.5 Å². The van der Waals surface area contributed by atoms with Gasteiger partial charge in [0.05, 0.1) is 0 Å². The van der Waals surface area contributed by atoms with Gasteiger partial charge in [-0.15, -0.1) is 0 Å². The van der Waals surface area contributed by atoms with Crippen molar-refractivity contribution >= 4 is 11.9 Å². The van der Waals surface area contributed by atoms with Gasteiger partial charge in [-0.25, -0.2) is 0 Å². The Morgan fingerprint density at radius 3 is 2.64 bits per heavy atom. The van der Waals surface area contributed by atoms with Crippen LogP contribution in [0.4, 0.5) is 0 Å². The molecule has 0 saturated heterocycles. The van der Waals surface area contributed by atoms with Gasteiger partial charge < -0.3 is 10.2 Å². The van der Waals surface area contributed by atoms with E-state index >= 15 is 0 Å². The zero-order chi connectivity index (χ0) is 10.6. The molecule has 1 rings (SSSR count). The fourth-order valence-electron chi connectivity index (χ4n) is 0.951. The molecule has 2 N–H and O–H groups in total.